The topological polar surface area (TPSA) is 112 Å². The van der Waals surface area contributed by atoms with Crippen LogP contribution in [-0.4, -0.2) is 34.5 Å². The molecule has 6 unspecified atom stereocenters. The number of anilines is 2. The largest absolute Gasteiger partial charge is 0.508 e. The SMILES string of the molecule is CC(=O)c1ccc(N2C(=O)C3CC=C4C(CC5C(=O)N(c6ccccc6)C(=O)C5(C)C4c4ccc(O)cc4)C3C2=O)cc1. The minimum absolute atomic E-state index is 0.0817. The van der Waals surface area contributed by atoms with Crippen LogP contribution in [0.1, 0.15) is 48.5 Å². The van der Waals surface area contributed by atoms with Gasteiger partial charge in [0.25, 0.3) is 0 Å². The van der Waals surface area contributed by atoms with Crippen LogP contribution in [-0.2, 0) is 19.2 Å². The first-order chi connectivity index (χ1) is 20.6. The van der Waals surface area contributed by atoms with Crippen LogP contribution in [0.25, 0.3) is 0 Å². The number of carbonyl (C=O) groups is 5. The molecule has 0 bridgehead atoms. The molecule has 2 heterocycles. The molecule has 6 atom stereocenters. The number of aromatic hydroxyl groups is 1. The number of hydrogen-bond donors (Lipinski definition) is 1. The number of phenolic OH excluding ortho intramolecular Hbond substituents is 1. The average Bonchev–Trinajstić information content (AvgIpc) is 3.37. The Morgan fingerprint density at radius 3 is 2.09 bits per heavy atom. The average molecular weight is 575 g/mol. The molecule has 8 heteroatoms. The first kappa shape index (κ1) is 27.0. The normalized spacial score (nSPS) is 29.7. The third-order valence-electron chi connectivity index (χ3n) is 10.0. The monoisotopic (exact) mass is 574 g/mol. The lowest BCUT2D eigenvalue weighted by Gasteiger charge is -2.49. The summed E-state index contributed by atoms with van der Waals surface area (Å²) in [6, 6.07) is 22.0. The van der Waals surface area contributed by atoms with E-state index in [0.717, 1.165) is 11.1 Å². The fraction of sp³-hybridized carbons (Fsp3) is 0.286. The van der Waals surface area contributed by atoms with Gasteiger partial charge in [0.05, 0.1) is 34.5 Å². The number of nitrogens with zero attached hydrogens (tertiary/aromatic N) is 2. The second-order valence-electron chi connectivity index (χ2n) is 12.2. The zero-order valence-corrected chi connectivity index (χ0v) is 23.8. The number of imide groups is 2. The van der Waals surface area contributed by atoms with E-state index in [1.165, 1.54) is 16.7 Å². The van der Waals surface area contributed by atoms with E-state index in [-0.39, 0.29) is 41.6 Å². The second kappa shape index (κ2) is 9.59. The molecule has 7 rings (SSSR count). The van der Waals surface area contributed by atoms with E-state index in [9.17, 15) is 29.1 Å². The Bertz CT molecular complexity index is 1730. The number of para-hydroxylation sites is 1. The van der Waals surface area contributed by atoms with Crippen LogP contribution in [0.4, 0.5) is 11.4 Å². The van der Waals surface area contributed by atoms with Crippen LogP contribution >= 0.6 is 0 Å². The van der Waals surface area contributed by atoms with Crippen LogP contribution in [0.2, 0.25) is 0 Å². The molecule has 3 fully saturated rings. The summed E-state index contributed by atoms with van der Waals surface area (Å²) in [5.41, 5.74) is 1.92. The van der Waals surface area contributed by atoms with Gasteiger partial charge < -0.3 is 5.11 Å². The van der Waals surface area contributed by atoms with E-state index < -0.39 is 35.0 Å². The van der Waals surface area contributed by atoms with Gasteiger partial charge in [-0.2, -0.15) is 0 Å². The molecule has 1 saturated carbocycles. The number of amides is 4. The lowest BCUT2D eigenvalue weighted by Crippen LogP contribution is -2.48. The van der Waals surface area contributed by atoms with Crippen molar-refractivity contribution in [1.82, 2.24) is 0 Å². The number of rotatable bonds is 4. The van der Waals surface area contributed by atoms with E-state index in [0.29, 0.717) is 23.4 Å². The number of benzene rings is 3. The maximum Gasteiger partial charge on any atom is 0.241 e. The summed E-state index contributed by atoms with van der Waals surface area (Å²) in [5.74, 6) is -4.21. The van der Waals surface area contributed by atoms with Crippen molar-refractivity contribution in [2.75, 3.05) is 9.80 Å². The predicted octanol–water partition coefficient (Wildman–Crippen LogP) is 5.03. The quantitative estimate of drug-likeness (QED) is 0.266. The molecule has 4 aliphatic rings. The Morgan fingerprint density at radius 2 is 1.44 bits per heavy atom. The summed E-state index contributed by atoms with van der Waals surface area (Å²) in [6.45, 7) is 3.30. The predicted molar refractivity (Wildman–Crippen MR) is 158 cm³/mol. The maximum atomic E-state index is 14.3. The van der Waals surface area contributed by atoms with Gasteiger partial charge in [0.2, 0.25) is 23.6 Å². The van der Waals surface area contributed by atoms with Crippen molar-refractivity contribution in [3.63, 3.8) is 0 Å². The fourth-order valence-electron chi connectivity index (χ4n) is 7.99. The lowest BCUT2D eigenvalue weighted by atomic mass is 9.51. The van der Waals surface area contributed by atoms with Gasteiger partial charge in [-0.1, -0.05) is 42.0 Å². The smallest absolute Gasteiger partial charge is 0.241 e. The molecule has 8 nitrogen and oxygen atoms in total. The maximum absolute atomic E-state index is 14.3. The van der Waals surface area contributed by atoms with Crippen LogP contribution in [0, 0.1) is 29.1 Å². The van der Waals surface area contributed by atoms with Crippen molar-refractivity contribution in [2.45, 2.75) is 32.6 Å². The molecule has 3 aromatic carbocycles. The summed E-state index contributed by atoms with van der Waals surface area (Å²) < 4.78 is 0. The molecule has 0 aromatic heterocycles. The molecule has 0 radical (unpaired) electrons. The summed E-state index contributed by atoms with van der Waals surface area (Å²) >= 11 is 0. The van der Waals surface area contributed by atoms with Crippen molar-refractivity contribution < 1.29 is 29.1 Å². The fourth-order valence-corrected chi connectivity index (χ4v) is 7.99. The van der Waals surface area contributed by atoms with Gasteiger partial charge in [-0.3, -0.25) is 28.9 Å². The number of fused-ring (bicyclic) bond motifs is 4. The highest BCUT2D eigenvalue weighted by Crippen LogP contribution is 2.63. The molecular weight excluding hydrogens is 544 g/mol. The Hall–Kier alpha value is -4.85. The van der Waals surface area contributed by atoms with Crippen LogP contribution in [0.5, 0.6) is 5.75 Å². The summed E-state index contributed by atoms with van der Waals surface area (Å²) in [6.07, 6.45) is 2.60. The number of Topliss-reactive ketones (excluding diaryl/α,β-unsaturated/α-hetero) is 1. The number of ketones is 1. The Morgan fingerprint density at radius 1 is 0.791 bits per heavy atom. The third kappa shape index (κ3) is 3.78. The standard InChI is InChI=1S/C35H30N2O6/c1-19(38)20-8-12-23(13-9-20)36-31(40)26-17-16-25-27(29(26)33(36)42)18-28-32(41)37(22-6-4-3-5-7-22)34(43)35(28,2)30(25)21-10-14-24(39)15-11-21/h3-16,26-30,39H,17-18H2,1-2H3. The lowest BCUT2D eigenvalue weighted by molar-refractivity contribution is -0.131. The highest BCUT2D eigenvalue weighted by Gasteiger charge is 2.67. The van der Waals surface area contributed by atoms with Gasteiger partial charge in [-0.15, -0.1) is 0 Å². The molecule has 2 saturated heterocycles. The molecule has 3 aromatic rings. The van der Waals surface area contributed by atoms with Crippen LogP contribution < -0.4 is 9.80 Å². The molecule has 0 spiro atoms. The molecule has 43 heavy (non-hydrogen) atoms. The van der Waals surface area contributed by atoms with Crippen molar-refractivity contribution in [1.29, 1.82) is 0 Å². The number of allylic oxidation sites excluding steroid dienone is 2. The third-order valence-corrected chi connectivity index (χ3v) is 10.0. The van der Waals surface area contributed by atoms with Crippen molar-refractivity contribution >= 4 is 40.8 Å². The van der Waals surface area contributed by atoms with Gasteiger partial charge in [-0.25, -0.2) is 4.90 Å². The highest BCUT2D eigenvalue weighted by molar-refractivity contribution is 6.25. The van der Waals surface area contributed by atoms with E-state index in [1.807, 2.05) is 19.1 Å². The number of phenols is 1. The molecular formula is C35H30N2O6. The Balaban J connectivity index is 1.33. The highest BCUT2D eigenvalue weighted by atomic mass is 16.3. The van der Waals surface area contributed by atoms with Crippen LogP contribution in [0.15, 0.2) is 90.5 Å². The molecule has 216 valence electrons. The van der Waals surface area contributed by atoms with Gasteiger partial charge in [0.15, 0.2) is 5.78 Å². The summed E-state index contributed by atoms with van der Waals surface area (Å²) in [7, 11) is 0. The van der Waals surface area contributed by atoms with E-state index in [1.54, 1.807) is 72.8 Å². The molecule has 2 aliphatic carbocycles. The minimum Gasteiger partial charge on any atom is -0.508 e. The number of hydrogen-bond acceptors (Lipinski definition) is 6. The summed E-state index contributed by atoms with van der Waals surface area (Å²) in [5, 5.41) is 10.0. The Kier molecular flexibility index (Phi) is 6.02. The first-order valence-corrected chi connectivity index (χ1v) is 14.5. The minimum atomic E-state index is -1.13. The van der Waals surface area contributed by atoms with Crippen molar-refractivity contribution in [3.8, 4) is 5.75 Å². The van der Waals surface area contributed by atoms with Gasteiger partial charge >= 0.3 is 0 Å². The zero-order chi connectivity index (χ0) is 30.2. The van der Waals surface area contributed by atoms with Crippen molar-refractivity contribution in [3.05, 3.63) is 102 Å². The van der Waals surface area contributed by atoms with Gasteiger partial charge in [0.1, 0.15) is 5.75 Å². The molecule has 2 aliphatic heterocycles. The van der Waals surface area contributed by atoms with Crippen molar-refractivity contribution in [2.24, 2.45) is 29.1 Å². The van der Waals surface area contributed by atoms with Gasteiger partial charge in [0, 0.05) is 11.5 Å². The van der Waals surface area contributed by atoms with E-state index in [2.05, 4.69) is 0 Å². The Labute approximate surface area is 248 Å². The molecule has 4 amide bonds. The zero-order valence-electron chi connectivity index (χ0n) is 23.8. The molecule has 1 N–H and O–H groups in total. The number of carbonyl (C=O) groups excluding carboxylic acids is 5. The van der Waals surface area contributed by atoms with Crippen LogP contribution in [0.3, 0.4) is 0 Å². The second-order valence-corrected chi connectivity index (χ2v) is 12.2. The van der Waals surface area contributed by atoms with E-state index in [4.69, 9.17) is 0 Å². The van der Waals surface area contributed by atoms with Gasteiger partial charge in [-0.05, 0) is 86.7 Å². The first-order valence-electron chi connectivity index (χ1n) is 14.5. The summed E-state index contributed by atoms with van der Waals surface area (Å²) in [4.78, 5) is 70.6. The van der Waals surface area contributed by atoms with E-state index >= 15 is 0 Å².